The smallest absolute Gasteiger partial charge is 0.258 e. The van der Waals surface area contributed by atoms with Crippen molar-refractivity contribution in [3.05, 3.63) is 53.6 Å². The molecule has 0 aliphatic heterocycles. The zero-order valence-corrected chi connectivity index (χ0v) is 18.3. The molecule has 1 amide bonds. The molecule has 1 aromatic heterocycles. The molecule has 0 spiro atoms. The maximum atomic E-state index is 14.9. The van der Waals surface area contributed by atoms with Crippen LogP contribution in [-0.4, -0.2) is 36.1 Å². The van der Waals surface area contributed by atoms with Gasteiger partial charge in [0, 0.05) is 17.5 Å². The molecule has 1 fully saturated rings. The second-order valence-electron chi connectivity index (χ2n) is 7.63. The van der Waals surface area contributed by atoms with Crippen LogP contribution in [0, 0.1) is 17.5 Å². The predicted octanol–water partition coefficient (Wildman–Crippen LogP) is 4.03. The van der Waals surface area contributed by atoms with Gasteiger partial charge in [-0.15, -0.1) is 0 Å². The molecule has 0 unspecified atom stereocenters. The highest BCUT2D eigenvalue weighted by atomic mass is 32.2. The molecule has 0 bridgehead atoms. The molecule has 1 saturated carbocycles. The Kier molecular flexibility index (Phi) is 6.11. The molecule has 1 aliphatic rings. The molecule has 1 aliphatic carbocycles. The van der Waals surface area contributed by atoms with Gasteiger partial charge in [0.2, 0.25) is 10.0 Å². The maximum absolute atomic E-state index is 14.9. The number of fused-ring (bicyclic) bond motifs is 1. The number of rotatable bonds is 8. The summed E-state index contributed by atoms with van der Waals surface area (Å²) in [5.41, 5.74) is -1.72. The second kappa shape index (κ2) is 8.85. The Balaban J connectivity index is 1.69. The number of nitrogens with zero attached hydrogens (tertiary/aromatic N) is 2. The van der Waals surface area contributed by atoms with Gasteiger partial charge in [0.15, 0.2) is 17.5 Å². The van der Waals surface area contributed by atoms with Crippen molar-refractivity contribution in [3.63, 3.8) is 0 Å². The molecule has 0 saturated heterocycles. The standard InChI is InChI=1S/C21H20F3N5O3S/c1-2-8-33(31,32)29-15-9-14(22)16(23)19(17(15)24)28-21(30)13-5-3-4-12-18(13)25-10-26-20(12)27-11-6-7-11/h3-5,9-11,29H,2,6-8H2,1H3,(H,28,30)(H,25,26,27). The summed E-state index contributed by atoms with van der Waals surface area (Å²) < 4.78 is 69.2. The molecular weight excluding hydrogens is 459 g/mol. The van der Waals surface area contributed by atoms with Crippen molar-refractivity contribution in [1.29, 1.82) is 0 Å². The van der Waals surface area contributed by atoms with Crippen molar-refractivity contribution in [3.8, 4) is 0 Å². The van der Waals surface area contributed by atoms with E-state index in [-0.39, 0.29) is 29.3 Å². The average Bonchev–Trinajstić information content (AvgIpc) is 3.58. The number of benzene rings is 2. The average molecular weight is 479 g/mol. The molecule has 2 aromatic carbocycles. The van der Waals surface area contributed by atoms with Crippen LogP contribution in [0.4, 0.5) is 30.4 Å². The van der Waals surface area contributed by atoms with Crippen molar-refractivity contribution in [2.45, 2.75) is 32.2 Å². The summed E-state index contributed by atoms with van der Waals surface area (Å²) in [6, 6.07) is 5.31. The van der Waals surface area contributed by atoms with Gasteiger partial charge >= 0.3 is 0 Å². The largest absolute Gasteiger partial charge is 0.367 e. The molecule has 8 nitrogen and oxygen atoms in total. The van der Waals surface area contributed by atoms with Gasteiger partial charge in [0.1, 0.15) is 17.8 Å². The van der Waals surface area contributed by atoms with Crippen LogP contribution in [0.15, 0.2) is 30.6 Å². The lowest BCUT2D eigenvalue weighted by Crippen LogP contribution is -2.20. The number of carbonyl (C=O) groups excluding carboxylic acids is 1. The van der Waals surface area contributed by atoms with Gasteiger partial charge in [0.05, 0.1) is 22.5 Å². The number of hydrogen-bond donors (Lipinski definition) is 3. The summed E-state index contributed by atoms with van der Waals surface area (Å²) in [5, 5.41) is 5.77. The van der Waals surface area contributed by atoms with E-state index in [0.29, 0.717) is 17.3 Å². The molecule has 3 N–H and O–H groups in total. The van der Waals surface area contributed by atoms with E-state index in [1.807, 2.05) is 10.0 Å². The lowest BCUT2D eigenvalue weighted by Gasteiger charge is -2.14. The topological polar surface area (TPSA) is 113 Å². The summed E-state index contributed by atoms with van der Waals surface area (Å²) in [6.07, 6.45) is 3.47. The molecule has 4 rings (SSSR count). The van der Waals surface area contributed by atoms with Gasteiger partial charge in [-0.05, 0) is 31.4 Å². The Morgan fingerprint density at radius 2 is 1.91 bits per heavy atom. The van der Waals surface area contributed by atoms with Crippen LogP contribution in [-0.2, 0) is 10.0 Å². The Hall–Kier alpha value is -3.41. The monoisotopic (exact) mass is 479 g/mol. The highest BCUT2D eigenvalue weighted by Crippen LogP contribution is 2.31. The van der Waals surface area contributed by atoms with Gasteiger partial charge in [-0.1, -0.05) is 13.0 Å². The van der Waals surface area contributed by atoms with E-state index in [0.717, 1.165) is 12.8 Å². The van der Waals surface area contributed by atoms with Crippen LogP contribution in [0.25, 0.3) is 10.9 Å². The SMILES string of the molecule is CCCS(=O)(=O)Nc1cc(F)c(F)c(NC(=O)c2cccc3c(NC4CC4)ncnc23)c1F. The molecule has 0 atom stereocenters. The van der Waals surface area contributed by atoms with E-state index in [4.69, 9.17) is 0 Å². The second-order valence-corrected chi connectivity index (χ2v) is 9.47. The number of para-hydroxylation sites is 1. The maximum Gasteiger partial charge on any atom is 0.258 e. The van der Waals surface area contributed by atoms with Gasteiger partial charge < -0.3 is 10.6 Å². The minimum Gasteiger partial charge on any atom is -0.367 e. The van der Waals surface area contributed by atoms with Crippen LogP contribution >= 0.6 is 0 Å². The van der Waals surface area contributed by atoms with E-state index in [9.17, 15) is 26.4 Å². The van der Waals surface area contributed by atoms with Crippen molar-refractivity contribution < 1.29 is 26.4 Å². The molecule has 1 heterocycles. The number of anilines is 3. The van der Waals surface area contributed by atoms with Crippen LogP contribution in [0.3, 0.4) is 0 Å². The quantitative estimate of drug-likeness (QED) is 0.421. The van der Waals surface area contributed by atoms with Crippen molar-refractivity contribution in [2.24, 2.45) is 0 Å². The van der Waals surface area contributed by atoms with E-state index in [1.54, 1.807) is 19.1 Å². The minimum absolute atomic E-state index is 0.0232. The lowest BCUT2D eigenvalue weighted by atomic mass is 10.1. The van der Waals surface area contributed by atoms with Crippen LogP contribution in [0.2, 0.25) is 0 Å². The third-order valence-corrected chi connectivity index (χ3v) is 6.44. The number of amides is 1. The Morgan fingerprint density at radius 3 is 2.61 bits per heavy atom. The zero-order chi connectivity index (χ0) is 23.8. The molecule has 33 heavy (non-hydrogen) atoms. The Labute approximate surface area is 187 Å². The number of aromatic nitrogens is 2. The number of halogens is 3. The van der Waals surface area contributed by atoms with Crippen molar-refractivity contribution in [1.82, 2.24) is 9.97 Å². The third kappa shape index (κ3) is 4.85. The predicted molar refractivity (Wildman–Crippen MR) is 118 cm³/mol. The number of sulfonamides is 1. The zero-order valence-electron chi connectivity index (χ0n) is 17.5. The van der Waals surface area contributed by atoms with Crippen LogP contribution < -0.4 is 15.4 Å². The fourth-order valence-corrected chi connectivity index (χ4v) is 4.39. The van der Waals surface area contributed by atoms with E-state index in [2.05, 4.69) is 15.3 Å². The van der Waals surface area contributed by atoms with Gasteiger partial charge in [-0.2, -0.15) is 0 Å². The normalized spacial score (nSPS) is 13.7. The Morgan fingerprint density at radius 1 is 1.15 bits per heavy atom. The highest BCUT2D eigenvalue weighted by molar-refractivity contribution is 7.92. The Bertz CT molecular complexity index is 1350. The minimum atomic E-state index is -3.99. The van der Waals surface area contributed by atoms with E-state index in [1.165, 1.54) is 12.4 Å². The first-order valence-corrected chi connectivity index (χ1v) is 11.8. The summed E-state index contributed by atoms with van der Waals surface area (Å²) in [6.45, 7) is 1.59. The van der Waals surface area contributed by atoms with Gasteiger partial charge in [0.25, 0.3) is 5.91 Å². The summed E-state index contributed by atoms with van der Waals surface area (Å²) >= 11 is 0. The van der Waals surface area contributed by atoms with E-state index < -0.39 is 44.8 Å². The van der Waals surface area contributed by atoms with Gasteiger partial charge in [-0.3, -0.25) is 9.52 Å². The fourth-order valence-electron chi connectivity index (χ4n) is 3.26. The summed E-state index contributed by atoms with van der Waals surface area (Å²) in [4.78, 5) is 21.2. The highest BCUT2D eigenvalue weighted by Gasteiger charge is 2.26. The molecule has 174 valence electrons. The molecule has 0 radical (unpaired) electrons. The van der Waals surface area contributed by atoms with Crippen molar-refractivity contribution >= 4 is 44.0 Å². The first-order valence-electron chi connectivity index (χ1n) is 10.2. The van der Waals surface area contributed by atoms with Crippen LogP contribution in [0.1, 0.15) is 36.5 Å². The molecular formula is C21H20F3N5O3S. The fraction of sp³-hybridized carbons (Fsp3) is 0.286. The summed E-state index contributed by atoms with van der Waals surface area (Å²) in [5.74, 6) is -5.43. The number of hydrogen-bond acceptors (Lipinski definition) is 6. The lowest BCUT2D eigenvalue weighted by molar-refractivity contribution is 0.102. The van der Waals surface area contributed by atoms with Crippen molar-refractivity contribution in [2.75, 3.05) is 21.1 Å². The number of nitrogens with one attached hydrogen (secondary N) is 3. The molecule has 3 aromatic rings. The third-order valence-electron chi connectivity index (χ3n) is 4.96. The first kappa shape index (κ1) is 22.8. The summed E-state index contributed by atoms with van der Waals surface area (Å²) in [7, 11) is -3.99. The first-order chi connectivity index (χ1) is 15.7. The van der Waals surface area contributed by atoms with E-state index >= 15 is 0 Å². The van der Waals surface area contributed by atoms with Crippen LogP contribution in [0.5, 0.6) is 0 Å². The van der Waals surface area contributed by atoms with Gasteiger partial charge in [-0.25, -0.2) is 31.6 Å². The molecule has 12 heteroatoms. The number of carbonyl (C=O) groups is 1.